The zero-order chi connectivity index (χ0) is 17.1. The van der Waals surface area contributed by atoms with Crippen molar-refractivity contribution < 1.29 is 14.3 Å². The summed E-state index contributed by atoms with van der Waals surface area (Å²) in [6, 6.07) is 8.61. The standard InChI is InChI=1S/C17H18N4O3/c1-10-9-11(2)19-17(18-10)24-13-5-3-12(4-6-13)20-16(23)14-7-8-15(22)21-14/h3-6,9,14H,7-8H2,1-2H3,(H,20,23)(H,21,22). The third-order valence-electron chi connectivity index (χ3n) is 3.60. The van der Waals surface area contributed by atoms with Crippen LogP contribution >= 0.6 is 0 Å². The monoisotopic (exact) mass is 326 g/mol. The third-order valence-corrected chi connectivity index (χ3v) is 3.60. The topological polar surface area (TPSA) is 93.2 Å². The summed E-state index contributed by atoms with van der Waals surface area (Å²) >= 11 is 0. The van der Waals surface area contributed by atoms with Crippen LogP contribution in [0.1, 0.15) is 24.2 Å². The molecule has 0 saturated carbocycles. The Morgan fingerprint density at radius 1 is 1.21 bits per heavy atom. The lowest BCUT2D eigenvalue weighted by atomic mass is 10.2. The Morgan fingerprint density at radius 3 is 2.46 bits per heavy atom. The molecule has 1 aromatic heterocycles. The summed E-state index contributed by atoms with van der Waals surface area (Å²) in [5, 5.41) is 5.41. The quantitative estimate of drug-likeness (QED) is 0.897. The van der Waals surface area contributed by atoms with Crippen molar-refractivity contribution in [1.29, 1.82) is 0 Å². The first kappa shape index (κ1) is 15.9. The highest BCUT2D eigenvalue weighted by molar-refractivity contribution is 5.98. The lowest BCUT2D eigenvalue weighted by molar-refractivity contribution is -0.122. The molecule has 7 heteroatoms. The van der Waals surface area contributed by atoms with Gasteiger partial charge in [-0.1, -0.05) is 0 Å². The second-order valence-corrected chi connectivity index (χ2v) is 5.71. The van der Waals surface area contributed by atoms with Gasteiger partial charge in [0.2, 0.25) is 11.8 Å². The molecule has 2 aromatic rings. The molecule has 1 aromatic carbocycles. The van der Waals surface area contributed by atoms with E-state index < -0.39 is 6.04 Å². The van der Waals surface area contributed by atoms with Crippen molar-refractivity contribution in [3.05, 3.63) is 41.7 Å². The van der Waals surface area contributed by atoms with Gasteiger partial charge in [-0.05, 0) is 50.6 Å². The molecule has 3 rings (SSSR count). The molecular weight excluding hydrogens is 308 g/mol. The maximum Gasteiger partial charge on any atom is 0.322 e. The first-order chi connectivity index (χ1) is 11.5. The van der Waals surface area contributed by atoms with Crippen LogP contribution in [0.25, 0.3) is 0 Å². The number of anilines is 1. The van der Waals surface area contributed by atoms with E-state index in [0.717, 1.165) is 11.4 Å². The third kappa shape index (κ3) is 3.87. The van der Waals surface area contributed by atoms with Crippen LogP contribution in [0.3, 0.4) is 0 Å². The van der Waals surface area contributed by atoms with Crippen LogP contribution < -0.4 is 15.4 Å². The number of aryl methyl sites for hydroxylation is 2. The van der Waals surface area contributed by atoms with E-state index >= 15 is 0 Å². The van der Waals surface area contributed by atoms with Gasteiger partial charge in [0, 0.05) is 23.5 Å². The average Bonchev–Trinajstić information content (AvgIpc) is 2.95. The summed E-state index contributed by atoms with van der Waals surface area (Å²) in [5.74, 6) is 0.270. The minimum Gasteiger partial charge on any atom is -0.424 e. The smallest absolute Gasteiger partial charge is 0.322 e. The summed E-state index contributed by atoms with van der Waals surface area (Å²) < 4.78 is 5.62. The van der Waals surface area contributed by atoms with Crippen molar-refractivity contribution in [2.45, 2.75) is 32.7 Å². The summed E-state index contributed by atoms with van der Waals surface area (Å²) in [5.41, 5.74) is 2.30. The summed E-state index contributed by atoms with van der Waals surface area (Å²) in [4.78, 5) is 31.6. The number of rotatable bonds is 4. The lowest BCUT2D eigenvalue weighted by Gasteiger charge is -2.11. The minimum atomic E-state index is -0.461. The number of hydrogen-bond donors (Lipinski definition) is 2. The van der Waals surface area contributed by atoms with E-state index in [1.807, 2.05) is 19.9 Å². The Labute approximate surface area is 139 Å². The second-order valence-electron chi connectivity index (χ2n) is 5.71. The van der Waals surface area contributed by atoms with E-state index in [-0.39, 0.29) is 17.8 Å². The fourth-order valence-corrected chi connectivity index (χ4v) is 2.49. The van der Waals surface area contributed by atoms with Crippen LogP contribution in [0.4, 0.5) is 5.69 Å². The van der Waals surface area contributed by atoms with Gasteiger partial charge in [0.05, 0.1) is 0 Å². The van der Waals surface area contributed by atoms with Crippen molar-refractivity contribution >= 4 is 17.5 Å². The van der Waals surface area contributed by atoms with E-state index in [0.29, 0.717) is 24.3 Å². The highest BCUT2D eigenvalue weighted by Crippen LogP contribution is 2.21. The molecule has 0 bridgehead atoms. The van der Waals surface area contributed by atoms with Gasteiger partial charge in [-0.2, -0.15) is 0 Å². The molecule has 1 fully saturated rings. The molecule has 7 nitrogen and oxygen atoms in total. The highest BCUT2D eigenvalue weighted by Gasteiger charge is 2.27. The zero-order valence-electron chi connectivity index (χ0n) is 13.5. The molecule has 1 saturated heterocycles. The predicted octanol–water partition coefficient (Wildman–Crippen LogP) is 2.10. The van der Waals surface area contributed by atoms with E-state index in [4.69, 9.17) is 4.74 Å². The molecular formula is C17H18N4O3. The van der Waals surface area contributed by atoms with Gasteiger partial charge in [-0.15, -0.1) is 0 Å². The largest absolute Gasteiger partial charge is 0.424 e. The predicted molar refractivity (Wildman–Crippen MR) is 87.8 cm³/mol. The van der Waals surface area contributed by atoms with Gasteiger partial charge < -0.3 is 15.4 Å². The van der Waals surface area contributed by atoms with Gasteiger partial charge in [-0.3, -0.25) is 9.59 Å². The molecule has 0 radical (unpaired) electrons. The number of nitrogens with zero attached hydrogens (tertiary/aromatic N) is 2. The van der Waals surface area contributed by atoms with Crippen LogP contribution in [0, 0.1) is 13.8 Å². The molecule has 1 aliphatic heterocycles. The van der Waals surface area contributed by atoms with E-state index in [1.165, 1.54) is 0 Å². The fourth-order valence-electron chi connectivity index (χ4n) is 2.49. The highest BCUT2D eigenvalue weighted by atomic mass is 16.5. The number of aromatic nitrogens is 2. The molecule has 0 aliphatic carbocycles. The number of hydrogen-bond acceptors (Lipinski definition) is 5. The molecule has 1 unspecified atom stereocenters. The molecule has 2 amide bonds. The van der Waals surface area contributed by atoms with Gasteiger partial charge in [0.25, 0.3) is 0 Å². The maximum atomic E-state index is 12.0. The van der Waals surface area contributed by atoms with Gasteiger partial charge >= 0.3 is 6.01 Å². The number of carbonyl (C=O) groups is 2. The average molecular weight is 326 g/mol. The van der Waals surface area contributed by atoms with Crippen LogP contribution in [0.15, 0.2) is 30.3 Å². The van der Waals surface area contributed by atoms with Crippen LogP contribution in [-0.2, 0) is 9.59 Å². The van der Waals surface area contributed by atoms with E-state index in [2.05, 4.69) is 20.6 Å². The minimum absolute atomic E-state index is 0.0904. The zero-order valence-corrected chi connectivity index (χ0v) is 13.5. The summed E-state index contributed by atoms with van der Waals surface area (Å²) in [6.45, 7) is 3.75. The fraction of sp³-hybridized carbons (Fsp3) is 0.294. The van der Waals surface area contributed by atoms with Crippen LogP contribution in [0.5, 0.6) is 11.8 Å². The van der Waals surface area contributed by atoms with E-state index in [1.54, 1.807) is 24.3 Å². The Kier molecular flexibility index (Phi) is 4.41. The number of carbonyl (C=O) groups excluding carboxylic acids is 2. The van der Waals surface area contributed by atoms with Gasteiger partial charge in [0.15, 0.2) is 0 Å². The molecule has 24 heavy (non-hydrogen) atoms. The van der Waals surface area contributed by atoms with Crippen molar-refractivity contribution in [3.8, 4) is 11.8 Å². The van der Waals surface area contributed by atoms with Crippen LogP contribution in [0.2, 0.25) is 0 Å². The summed E-state index contributed by atoms with van der Waals surface area (Å²) in [7, 11) is 0. The molecule has 124 valence electrons. The van der Waals surface area contributed by atoms with Crippen LogP contribution in [-0.4, -0.2) is 27.8 Å². The summed E-state index contributed by atoms with van der Waals surface area (Å²) in [6.07, 6.45) is 0.913. The van der Waals surface area contributed by atoms with Gasteiger partial charge in [0.1, 0.15) is 11.8 Å². The number of ether oxygens (including phenoxy) is 1. The first-order valence-corrected chi connectivity index (χ1v) is 7.70. The lowest BCUT2D eigenvalue weighted by Crippen LogP contribution is -2.37. The number of benzene rings is 1. The normalized spacial score (nSPS) is 16.6. The number of nitrogens with one attached hydrogen (secondary N) is 2. The molecule has 2 N–H and O–H groups in total. The molecule has 2 heterocycles. The Bertz CT molecular complexity index is 754. The van der Waals surface area contributed by atoms with E-state index in [9.17, 15) is 9.59 Å². The Balaban J connectivity index is 1.62. The molecule has 1 atom stereocenters. The van der Waals surface area contributed by atoms with Crippen molar-refractivity contribution in [2.75, 3.05) is 5.32 Å². The molecule has 0 spiro atoms. The SMILES string of the molecule is Cc1cc(C)nc(Oc2ccc(NC(=O)C3CCC(=O)N3)cc2)n1. The Morgan fingerprint density at radius 2 is 1.88 bits per heavy atom. The Hall–Kier alpha value is -2.96. The second kappa shape index (κ2) is 6.66. The van der Waals surface area contributed by atoms with Gasteiger partial charge in [-0.25, -0.2) is 9.97 Å². The molecule has 1 aliphatic rings. The van der Waals surface area contributed by atoms with Crippen molar-refractivity contribution in [3.63, 3.8) is 0 Å². The number of amides is 2. The van der Waals surface area contributed by atoms with Crippen molar-refractivity contribution in [2.24, 2.45) is 0 Å². The maximum absolute atomic E-state index is 12.0. The van der Waals surface area contributed by atoms with Crippen molar-refractivity contribution in [1.82, 2.24) is 15.3 Å². The first-order valence-electron chi connectivity index (χ1n) is 7.70.